The second-order valence-electron chi connectivity index (χ2n) is 4.88. The van der Waals surface area contributed by atoms with Crippen molar-refractivity contribution in [2.75, 3.05) is 26.9 Å². The molecule has 0 amide bonds. The van der Waals surface area contributed by atoms with E-state index in [4.69, 9.17) is 9.47 Å². The van der Waals surface area contributed by atoms with Crippen molar-refractivity contribution >= 4 is 0 Å². The quantitative estimate of drug-likeness (QED) is 0.868. The summed E-state index contributed by atoms with van der Waals surface area (Å²) in [4.78, 5) is 0. The largest absolute Gasteiger partial charge is 0.496 e. The van der Waals surface area contributed by atoms with Gasteiger partial charge in [-0.1, -0.05) is 6.07 Å². The van der Waals surface area contributed by atoms with Gasteiger partial charge in [0.2, 0.25) is 0 Å². The second kappa shape index (κ2) is 4.67. The molecule has 0 aromatic heterocycles. The average molecular weight is 236 g/mol. The lowest BCUT2D eigenvalue weighted by Gasteiger charge is -2.42. The van der Waals surface area contributed by atoms with E-state index in [9.17, 15) is 5.11 Å². The molecule has 2 rings (SSSR count). The number of methoxy groups -OCH3 is 1. The molecule has 0 unspecified atom stereocenters. The molecular formula is C14H20O3. The van der Waals surface area contributed by atoms with E-state index >= 15 is 0 Å². The highest BCUT2D eigenvalue weighted by Crippen LogP contribution is 2.41. The molecular weight excluding hydrogens is 216 g/mol. The van der Waals surface area contributed by atoms with Crippen LogP contribution in [0.15, 0.2) is 12.1 Å². The maximum Gasteiger partial charge on any atom is 0.123 e. The Kier molecular flexibility index (Phi) is 3.40. The number of hydrogen-bond acceptors (Lipinski definition) is 3. The smallest absolute Gasteiger partial charge is 0.123 e. The first-order valence-electron chi connectivity index (χ1n) is 5.97. The van der Waals surface area contributed by atoms with Gasteiger partial charge in [-0.25, -0.2) is 0 Å². The van der Waals surface area contributed by atoms with Gasteiger partial charge in [0.15, 0.2) is 0 Å². The van der Waals surface area contributed by atoms with Gasteiger partial charge in [-0.2, -0.15) is 0 Å². The summed E-state index contributed by atoms with van der Waals surface area (Å²) in [5, 5.41) is 9.22. The van der Waals surface area contributed by atoms with Gasteiger partial charge < -0.3 is 14.6 Å². The lowest BCUT2D eigenvalue weighted by Crippen LogP contribution is -2.47. The summed E-state index contributed by atoms with van der Waals surface area (Å²) in [5.74, 6) is 0.907. The molecule has 1 aromatic carbocycles. The van der Waals surface area contributed by atoms with E-state index in [2.05, 4.69) is 26.0 Å². The fourth-order valence-corrected chi connectivity index (χ4v) is 2.37. The van der Waals surface area contributed by atoms with Gasteiger partial charge in [-0.3, -0.25) is 0 Å². The Bertz CT molecular complexity index is 408. The summed E-state index contributed by atoms with van der Waals surface area (Å²) in [7, 11) is 1.69. The lowest BCUT2D eigenvalue weighted by atomic mass is 9.75. The molecule has 0 saturated carbocycles. The predicted molar refractivity (Wildman–Crippen MR) is 66.7 cm³/mol. The van der Waals surface area contributed by atoms with E-state index in [1.54, 1.807) is 7.11 Å². The number of rotatable bonds is 4. The molecule has 0 spiro atoms. The summed E-state index contributed by atoms with van der Waals surface area (Å²) in [6.45, 7) is 5.71. The van der Waals surface area contributed by atoms with E-state index < -0.39 is 0 Å². The van der Waals surface area contributed by atoms with Crippen LogP contribution >= 0.6 is 0 Å². The molecule has 1 saturated heterocycles. The summed E-state index contributed by atoms with van der Waals surface area (Å²) >= 11 is 0. The summed E-state index contributed by atoms with van der Waals surface area (Å²) in [6.07, 6.45) is 0.728. The van der Waals surface area contributed by atoms with Crippen molar-refractivity contribution in [3.05, 3.63) is 28.8 Å². The van der Waals surface area contributed by atoms with Gasteiger partial charge in [0.05, 0.1) is 20.3 Å². The zero-order chi connectivity index (χ0) is 12.5. The average Bonchev–Trinajstić information content (AvgIpc) is 2.27. The SMILES string of the molecule is COc1cc(C)c(C)cc1C1(CCO)COC1. The topological polar surface area (TPSA) is 38.7 Å². The monoisotopic (exact) mass is 236 g/mol. The minimum Gasteiger partial charge on any atom is -0.496 e. The van der Waals surface area contributed by atoms with Crippen LogP contribution in [-0.2, 0) is 10.2 Å². The molecule has 1 N–H and O–H groups in total. The van der Waals surface area contributed by atoms with Crippen molar-refractivity contribution in [1.82, 2.24) is 0 Å². The molecule has 1 fully saturated rings. The van der Waals surface area contributed by atoms with Gasteiger partial charge in [-0.15, -0.1) is 0 Å². The Balaban J connectivity index is 2.45. The Labute approximate surface area is 102 Å². The standard InChI is InChI=1S/C14H20O3/c1-10-6-12(13(16-3)7-11(10)2)14(4-5-15)8-17-9-14/h6-7,15H,4-5,8-9H2,1-3H3. The van der Waals surface area contributed by atoms with Crippen LogP contribution in [0.25, 0.3) is 0 Å². The molecule has 1 aromatic rings. The van der Waals surface area contributed by atoms with E-state index in [0.29, 0.717) is 13.2 Å². The van der Waals surface area contributed by atoms with Crippen LogP contribution in [0.5, 0.6) is 5.75 Å². The van der Waals surface area contributed by atoms with E-state index in [1.165, 1.54) is 16.7 Å². The number of aliphatic hydroxyl groups excluding tert-OH is 1. The van der Waals surface area contributed by atoms with Gasteiger partial charge in [-0.05, 0) is 37.5 Å². The van der Waals surface area contributed by atoms with Crippen molar-refractivity contribution in [1.29, 1.82) is 0 Å². The molecule has 3 heteroatoms. The highest BCUT2D eigenvalue weighted by atomic mass is 16.5. The first-order valence-corrected chi connectivity index (χ1v) is 5.97. The second-order valence-corrected chi connectivity index (χ2v) is 4.88. The number of aryl methyl sites for hydroxylation is 2. The predicted octanol–water partition coefficient (Wildman–Crippen LogP) is 1.96. The minimum atomic E-state index is -0.0570. The first kappa shape index (κ1) is 12.4. The van der Waals surface area contributed by atoms with Gasteiger partial charge in [0, 0.05) is 17.6 Å². The number of aliphatic hydroxyl groups is 1. The third-order valence-corrected chi connectivity index (χ3v) is 3.73. The van der Waals surface area contributed by atoms with E-state index in [0.717, 1.165) is 12.2 Å². The van der Waals surface area contributed by atoms with Gasteiger partial charge in [0.1, 0.15) is 5.75 Å². The van der Waals surface area contributed by atoms with Crippen LogP contribution in [0, 0.1) is 13.8 Å². The zero-order valence-corrected chi connectivity index (χ0v) is 10.7. The van der Waals surface area contributed by atoms with Crippen LogP contribution in [0.4, 0.5) is 0 Å². The third kappa shape index (κ3) is 2.05. The van der Waals surface area contributed by atoms with Crippen molar-refractivity contribution in [2.45, 2.75) is 25.7 Å². The van der Waals surface area contributed by atoms with Crippen LogP contribution in [0.2, 0.25) is 0 Å². The normalized spacial score (nSPS) is 17.6. The van der Waals surface area contributed by atoms with Crippen LogP contribution in [0.3, 0.4) is 0 Å². The summed E-state index contributed by atoms with van der Waals surface area (Å²) in [5.41, 5.74) is 3.59. The highest BCUT2D eigenvalue weighted by molar-refractivity contribution is 5.47. The fourth-order valence-electron chi connectivity index (χ4n) is 2.37. The molecule has 1 aliphatic rings. The van der Waals surface area contributed by atoms with Gasteiger partial charge >= 0.3 is 0 Å². The number of hydrogen-bond donors (Lipinski definition) is 1. The van der Waals surface area contributed by atoms with E-state index in [-0.39, 0.29) is 12.0 Å². The van der Waals surface area contributed by atoms with Crippen molar-refractivity contribution in [3.63, 3.8) is 0 Å². The molecule has 1 heterocycles. The molecule has 0 radical (unpaired) electrons. The highest BCUT2D eigenvalue weighted by Gasteiger charge is 2.42. The maximum atomic E-state index is 9.22. The molecule has 0 atom stereocenters. The maximum absolute atomic E-state index is 9.22. The molecule has 94 valence electrons. The molecule has 0 aliphatic carbocycles. The summed E-state index contributed by atoms with van der Waals surface area (Å²) in [6, 6.07) is 4.24. The minimum absolute atomic E-state index is 0.0570. The van der Waals surface area contributed by atoms with Crippen molar-refractivity contribution in [2.24, 2.45) is 0 Å². The van der Waals surface area contributed by atoms with Crippen LogP contribution in [0.1, 0.15) is 23.1 Å². The van der Waals surface area contributed by atoms with Crippen molar-refractivity contribution < 1.29 is 14.6 Å². The Morgan fingerprint density at radius 3 is 2.41 bits per heavy atom. The fraction of sp³-hybridized carbons (Fsp3) is 0.571. The number of ether oxygens (including phenoxy) is 2. The van der Waals surface area contributed by atoms with Gasteiger partial charge in [0.25, 0.3) is 0 Å². The molecule has 0 bridgehead atoms. The Morgan fingerprint density at radius 1 is 1.29 bits per heavy atom. The first-order chi connectivity index (χ1) is 8.13. The lowest BCUT2D eigenvalue weighted by molar-refractivity contribution is -0.0709. The Morgan fingerprint density at radius 2 is 1.94 bits per heavy atom. The summed E-state index contributed by atoms with van der Waals surface area (Å²) < 4.78 is 10.8. The zero-order valence-electron chi connectivity index (χ0n) is 10.7. The number of benzene rings is 1. The van der Waals surface area contributed by atoms with Crippen molar-refractivity contribution in [3.8, 4) is 5.75 Å². The third-order valence-electron chi connectivity index (χ3n) is 3.73. The molecule has 1 aliphatic heterocycles. The van der Waals surface area contributed by atoms with E-state index in [1.807, 2.05) is 0 Å². The Hall–Kier alpha value is -1.06. The van der Waals surface area contributed by atoms with Crippen LogP contribution < -0.4 is 4.74 Å². The molecule has 3 nitrogen and oxygen atoms in total. The molecule has 17 heavy (non-hydrogen) atoms. The van der Waals surface area contributed by atoms with Crippen LogP contribution in [-0.4, -0.2) is 32.0 Å².